The first-order valence-electron chi connectivity index (χ1n) is 10.9. The Labute approximate surface area is 208 Å². The standard InChI is InChI=1S/C24H24ClN5O4S/c25-19-3-1-2-18(14-19)23(31)15-26-13-12-17-4-8-21(9-5-17)35(32,33)22-10-6-20(7-11-22)34-16-24-27-29-30-28-24/h1-11,14,23,26,31H,12-13,15-16H2,(H,27,28,29,30)/t23-/m0/s1. The maximum Gasteiger partial charge on any atom is 0.206 e. The molecule has 0 aliphatic rings. The van der Waals surface area contributed by atoms with Crippen molar-refractivity contribution in [2.75, 3.05) is 13.1 Å². The lowest BCUT2D eigenvalue weighted by Gasteiger charge is -2.13. The fourth-order valence-electron chi connectivity index (χ4n) is 3.38. The van der Waals surface area contributed by atoms with E-state index in [1.54, 1.807) is 54.6 Å². The van der Waals surface area contributed by atoms with E-state index in [0.717, 1.165) is 11.1 Å². The van der Waals surface area contributed by atoms with Crippen molar-refractivity contribution in [2.45, 2.75) is 28.9 Å². The second kappa shape index (κ2) is 11.4. The zero-order chi connectivity index (χ0) is 24.7. The molecule has 1 atom stereocenters. The predicted octanol–water partition coefficient (Wildman–Crippen LogP) is 3.13. The van der Waals surface area contributed by atoms with Crippen LogP contribution in [0.3, 0.4) is 0 Å². The molecule has 0 fully saturated rings. The van der Waals surface area contributed by atoms with Gasteiger partial charge in [0.2, 0.25) is 9.84 Å². The number of aromatic amines is 1. The summed E-state index contributed by atoms with van der Waals surface area (Å²) in [5.74, 6) is 0.970. The van der Waals surface area contributed by atoms with E-state index in [0.29, 0.717) is 36.1 Å². The average molecular weight is 514 g/mol. The topological polar surface area (TPSA) is 130 Å². The summed E-state index contributed by atoms with van der Waals surface area (Å²) in [6, 6.07) is 20.1. The quantitative estimate of drug-likeness (QED) is 0.261. The molecule has 3 N–H and O–H groups in total. The first-order chi connectivity index (χ1) is 16.9. The molecule has 3 aromatic carbocycles. The smallest absolute Gasteiger partial charge is 0.206 e. The monoisotopic (exact) mass is 513 g/mol. The average Bonchev–Trinajstić information content (AvgIpc) is 3.40. The van der Waals surface area contributed by atoms with Crippen molar-refractivity contribution in [1.29, 1.82) is 0 Å². The number of H-pyrrole nitrogens is 1. The van der Waals surface area contributed by atoms with E-state index in [1.165, 1.54) is 12.1 Å². The normalized spacial score (nSPS) is 12.4. The number of hydrogen-bond acceptors (Lipinski definition) is 8. The minimum atomic E-state index is -3.65. The van der Waals surface area contributed by atoms with Crippen LogP contribution in [0.2, 0.25) is 5.02 Å². The minimum Gasteiger partial charge on any atom is -0.486 e. The molecule has 0 aliphatic heterocycles. The van der Waals surface area contributed by atoms with Crippen LogP contribution in [-0.4, -0.2) is 47.2 Å². The van der Waals surface area contributed by atoms with Crippen molar-refractivity contribution in [3.8, 4) is 5.75 Å². The van der Waals surface area contributed by atoms with Crippen LogP contribution in [-0.2, 0) is 22.9 Å². The molecular weight excluding hydrogens is 490 g/mol. The molecule has 0 unspecified atom stereocenters. The summed E-state index contributed by atoms with van der Waals surface area (Å²) < 4.78 is 31.5. The summed E-state index contributed by atoms with van der Waals surface area (Å²) in [6.07, 6.45) is 0.0344. The summed E-state index contributed by atoms with van der Waals surface area (Å²) in [7, 11) is -3.65. The maximum absolute atomic E-state index is 13.0. The van der Waals surface area contributed by atoms with Crippen LogP contribution in [0.4, 0.5) is 0 Å². The Kier molecular flexibility index (Phi) is 8.09. The summed E-state index contributed by atoms with van der Waals surface area (Å²) in [6.45, 7) is 1.17. The largest absolute Gasteiger partial charge is 0.486 e. The number of nitrogens with one attached hydrogen (secondary N) is 2. The van der Waals surface area contributed by atoms with Crippen molar-refractivity contribution in [3.63, 3.8) is 0 Å². The molecule has 0 saturated heterocycles. The first kappa shape index (κ1) is 24.8. The number of ether oxygens (including phenoxy) is 1. The molecule has 0 radical (unpaired) electrons. The number of halogens is 1. The number of hydrogen-bond donors (Lipinski definition) is 3. The Morgan fingerprint density at radius 2 is 1.74 bits per heavy atom. The highest BCUT2D eigenvalue weighted by molar-refractivity contribution is 7.91. The van der Waals surface area contributed by atoms with Crippen molar-refractivity contribution < 1.29 is 18.3 Å². The number of nitrogens with zero attached hydrogens (tertiary/aromatic N) is 3. The fraction of sp³-hybridized carbons (Fsp3) is 0.208. The molecule has 182 valence electrons. The third kappa shape index (κ3) is 6.64. The second-order valence-corrected chi connectivity index (χ2v) is 10.2. The SMILES string of the molecule is O=S(=O)(c1ccc(CCNC[C@H](O)c2cccc(Cl)c2)cc1)c1ccc(OCc2nnn[nH]2)cc1. The summed E-state index contributed by atoms with van der Waals surface area (Å²) in [4.78, 5) is 0.391. The third-order valence-electron chi connectivity index (χ3n) is 5.29. The molecule has 0 amide bonds. The van der Waals surface area contributed by atoms with E-state index in [4.69, 9.17) is 16.3 Å². The highest BCUT2D eigenvalue weighted by Crippen LogP contribution is 2.24. The van der Waals surface area contributed by atoms with Gasteiger partial charge in [-0.15, -0.1) is 5.10 Å². The van der Waals surface area contributed by atoms with Gasteiger partial charge < -0.3 is 15.2 Å². The maximum atomic E-state index is 13.0. The van der Waals surface area contributed by atoms with Crippen LogP contribution in [0.15, 0.2) is 82.6 Å². The number of benzene rings is 3. The molecule has 0 spiro atoms. The Hall–Kier alpha value is -3.31. The summed E-state index contributed by atoms with van der Waals surface area (Å²) in [5.41, 5.74) is 1.74. The third-order valence-corrected chi connectivity index (χ3v) is 7.31. The number of aliphatic hydroxyl groups excluding tert-OH is 1. The molecule has 0 saturated carbocycles. The van der Waals surface area contributed by atoms with E-state index in [2.05, 4.69) is 25.9 Å². The molecule has 11 heteroatoms. The van der Waals surface area contributed by atoms with Gasteiger partial charge in [-0.25, -0.2) is 13.5 Å². The summed E-state index contributed by atoms with van der Waals surface area (Å²) >= 11 is 5.96. The Bertz CT molecular complexity index is 1330. The number of tetrazole rings is 1. The first-order valence-corrected chi connectivity index (χ1v) is 12.7. The van der Waals surface area contributed by atoms with Crippen molar-refractivity contribution in [2.24, 2.45) is 0 Å². The minimum absolute atomic E-state index is 0.148. The van der Waals surface area contributed by atoms with Gasteiger partial charge in [-0.1, -0.05) is 35.9 Å². The van der Waals surface area contributed by atoms with E-state index >= 15 is 0 Å². The van der Waals surface area contributed by atoms with Gasteiger partial charge in [-0.2, -0.15) is 0 Å². The zero-order valence-electron chi connectivity index (χ0n) is 18.6. The molecule has 1 heterocycles. The Morgan fingerprint density at radius 1 is 1.03 bits per heavy atom. The van der Waals surface area contributed by atoms with Crippen LogP contribution >= 0.6 is 11.6 Å². The number of rotatable bonds is 11. The second-order valence-electron chi connectivity index (χ2n) is 7.78. The van der Waals surface area contributed by atoms with E-state index in [9.17, 15) is 13.5 Å². The number of sulfone groups is 1. The lowest BCUT2D eigenvalue weighted by Crippen LogP contribution is -2.23. The van der Waals surface area contributed by atoms with Crippen LogP contribution < -0.4 is 10.1 Å². The molecule has 1 aromatic heterocycles. The molecule has 9 nitrogen and oxygen atoms in total. The molecule has 4 rings (SSSR count). The van der Waals surface area contributed by atoms with Gasteiger partial charge in [-0.3, -0.25) is 0 Å². The highest BCUT2D eigenvalue weighted by Gasteiger charge is 2.17. The lowest BCUT2D eigenvalue weighted by molar-refractivity contribution is 0.175. The Morgan fingerprint density at radius 3 is 2.40 bits per heavy atom. The molecule has 0 aliphatic carbocycles. The van der Waals surface area contributed by atoms with Crippen LogP contribution in [0, 0.1) is 0 Å². The van der Waals surface area contributed by atoms with Gasteiger partial charge >= 0.3 is 0 Å². The van der Waals surface area contributed by atoms with Crippen molar-refractivity contribution >= 4 is 21.4 Å². The lowest BCUT2D eigenvalue weighted by atomic mass is 10.1. The zero-order valence-corrected chi connectivity index (χ0v) is 20.2. The molecule has 35 heavy (non-hydrogen) atoms. The van der Waals surface area contributed by atoms with E-state index < -0.39 is 15.9 Å². The fourth-order valence-corrected chi connectivity index (χ4v) is 4.84. The number of aromatic nitrogens is 4. The predicted molar refractivity (Wildman–Crippen MR) is 130 cm³/mol. The highest BCUT2D eigenvalue weighted by atomic mass is 35.5. The van der Waals surface area contributed by atoms with Crippen molar-refractivity contribution in [3.05, 3.63) is 94.8 Å². The van der Waals surface area contributed by atoms with Crippen LogP contribution in [0.25, 0.3) is 0 Å². The van der Waals surface area contributed by atoms with Gasteiger partial charge in [0.25, 0.3) is 0 Å². The van der Waals surface area contributed by atoms with Gasteiger partial charge in [-0.05, 0) is 83.1 Å². The van der Waals surface area contributed by atoms with Crippen molar-refractivity contribution in [1.82, 2.24) is 25.9 Å². The Balaban J connectivity index is 1.28. The van der Waals surface area contributed by atoms with Gasteiger partial charge in [0.1, 0.15) is 12.4 Å². The van der Waals surface area contributed by atoms with Gasteiger partial charge in [0.15, 0.2) is 5.82 Å². The van der Waals surface area contributed by atoms with Crippen LogP contribution in [0.1, 0.15) is 23.1 Å². The van der Waals surface area contributed by atoms with Gasteiger partial charge in [0.05, 0.1) is 15.9 Å². The van der Waals surface area contributed by atoms with Crippen LogP contribution in [0.5, 0.6) is 5.75 Å². The molecular formula is C24H24ClN5O4S. The molecule has 0 bridgehead atoms. The summed E-state index contributed by atoms with van der Waals surface area (Å²) in [5, 5.41) is 27.3. The van der Waals surface area contributed by atoms with E-state index in [-0.39, 0.29) is 16.4 Å². The van der Waals surface area contributed by atoms with Gasteiger partial charge in [0, 0.05) is 11.6 Å². The molecule has 4 aromatic rings. The van der Waals surface area contributed by atoms with E-state index in [1.807, 2.05) is 6.07 Å². The number of aliphatic hydroxyl groups is 1.